The fourth-order valence-corrected chi connectivity index (χ4v) is 4.46. The van der Waals surface area contributed by atoms with E-state index >= 15 is 4.39 Å². The highest BCUT2D eigenvalue weighted by atomic mass is 19.1. The Morgan fingerprint density at radius 1 is 1.07 bits per heavy atom. The van der Waals surface area contributed by atoms with Crippen molar-refractivity contribution in [3.63, 3.8) is 0 Å². The van der Waals surface area contributed by atoms with Crippen LogP contribution in [0.15, 0.2) is 59.5 Å². The molecule has 0 atom stereocenters. The molecule has 2 aromatic heterocycles. The number of carbonyl (C=O) groups is 1. The topological polar surface area (TPSA) is 123 Å². The zero-order valence-electron chi connectivity index (χ0n) is 21.8. The van der Waals surface area contributed by atoms with Gasteiger partial charge in [-0.05, 0) is 48.9 Å². The molecule has 1 fully saturated rings. The number of aromatic nitrogens is 2. The lowest BCUT2D eigenvalue weighted by Gasteiger charge is -2.26. The van der Waals surface area contributed by atoms with Gasteiger partial charge in [-0.3, -0.25) is 14.7 Å². The predicted molar refractivity (Wildman–Crippen MR) is 145 cm³/mol. The second-order valence-corrected chi connectivity index (χ2v) is 9.15. The molecule has 1 saturated heterocycles. The maximum Gasteiger partial charge on any atom is 0.341 e. The number of pyridine rings is 2. The molecule has 2 N–H and O–H groups in total. The van der Waals surface area contributed by atoms with Crippen LogP contribution in [0, 0.1) is 5.82 Å². The van der Waals surface area contributed by atoms with Gasteiger partial charge in [0, 0.05) is 48.5 Å². The third kappa shape index (κ3) is 6.05. The van der Waals surface area contributed by atoms with Crippen molar-refractivity contribution in [3.8, 4) is 34.3 Å². The highest BCUT2D eigenvalue weighted by Crippen LogP contribution is 2.38. The number of aromatic amines is 1. The summed E-state index contributed by atoms with van der Waals surface area (Å²) in [5.74, 6) is -0.623. The molecule has 3 heterocycles. The fraction of sp³-hybridized carbons (Fsp3) is 0.276. The minimum absolute atomic E-state index is 0.0387. The summed E-state index contributed by atoms with van der Waals surface area (Å²) < 4.78 is 37.9. The number of nitrogens with one attached hydrogen (secondary N) is 1. The van der Waals surface area contributed by atoms with Crippen LogP contribution in [0.3, 0.4) is 0 Å². The van der Waals surface area contributed by atoms with Gasteiger partial charge in [0.2, 0.25) is 0 Å². The van der Waals surface area contributed by atoms with Gasteiger partial charge in [0.25, 0.3) is 5.56 Å². The minimum Gasteiger partial charge on any atom is -0.493 e. The molecule has 0 unspecified atom stereocenters. The first-order chi connectivity index (χ1) is 19.4. The Hall–Kier alpha value is -4.48. The number of carboxylic acid groups (broad SMARTS) is 1. The Morgan fingerprint density at radius 3 is 2.62 bits per heavy atom. The SMILES string of the molecule is COc1cc2c(Oc3ccc(-c4ccc(C(=O)O)c(=O)[nH]4)cc3F)ccnc2cc1OCCCN1CCOCC1. The number of aromatic carboxylic acids is 1. The van der Waals surface area contributed by atoms with Crippen molar-refractivity contribution < 1.29 is 33.2 Å². The number of benzene rings is 2. The number of carboxylic acids is 1. The van der Waals surface area contributed by atoms with E-state index in [0.717, 1.165) is 39.3 Å². The van der Waals surface area contributed by atoms with Crippen molar-refractivity contribution in [2.45, 2.75) is 6.42 Å². The number of morpholine rings is 1. The summed E-state index contributed by atoms with van der Waals surface area (Å²) in [5.41, 5.74) is 0.0521. The van der Waals surface area contributed by atoms with E-state index in [2.05, 4.69) is 14.9 Å². The number of nitrogens with zero attached hydrogens (tertiary/aromatic N) is 2. The third-order valence-corrected chi connectivity index (χ3v) is 6.57. The van der Waals surface area contributed by atoms with Crippen molar-refractivity contribution in [2.24, 2.45) is 0 Å². The second kappa shape index (κ2) is 12.1. The number of H-pyrrole nitrogens is 1. The van der Waals surface area contributed by atoms with Gasteiger partial charge < -0.3 is 29.0 Å². The van der Waals surface area contributed by atoms with Crippen LogP contribution in [0.2, 0.25) is 0 Å². The lowest BCUT2D eigenvalue weighted by Crippen LogP contribution is -2.37. The first kappa shape index (κ1) is 27.1. The molecule has 4 aromatic rings. The van der Waals surface area contributed by atoms with Crippen LogP contribution in [0.1, 0.15) is 16.8 Å². The highest BCUT2D eigenvalue weighted by Gasteiger charge is 2.16. The molecule has 0 bridgehead atoms. The number of methoxy groups -OCH3 is 1. The normalized spacial score (nSPS) is 13.8. The first-order valence-corrected chi connectivity index (χ1v) is 12.8. The molecule has 2 aromatic carbocycles. The highest BCUT2D eigenvalue weighted by molar-refractivity contribution is 5.88. The Balaban J connectivity index is 1.32. The van der Waals surface area contributed by atoms with Crippen LogP contribution >= 0.6 is 0 Å². The van der Waals surface area contributed by atoms with Crippen LogP contribution in [0.5, 0.6) is 23.0 Å². The molecule has 208 valence electrons. The molecular formula is C29H28FN3O7. The molecule has 0 spiro atoms. The molecule has 1 aliphatic heterocycles. The van der Waals surface area contributed by atoms with E-state index in [9.17, 15) is 9.59 Å². The molecular weight excluding hydrogens is 521 g/mol. The van der Waals surface area contributed by atoms with Gasteiger partial charge in [0.1, 0.15) is 11.3 Å². The van der Waals surface area contributed by atoms with Crippen molar-refractivity contribution in [1.29, 1.82) is 0 Å². The summed E-state index contributed by atoms with van der Waals surface area (Å²) in [6.07, 6.45) is 2.41. The summed E-state index contributed by atoms with van der Waals surface area (Å²) in [7, 11) is 1.55. The van der Waals surface area contributed by atoms with E-state index in [-0.39, 0.29) is 11.4 Å². The van der Waals surface area contributed by atoms with Gasteiger partial charge in [0.05, 0.1) is 32.4 Å². The maximum absolute atomic E-state index is 15.1. The predicted octanol–water partition coefficient (Wildman–Crippen LogP) is 4.33. The summed E-state index contributed by atoms with van der Waals surface area (Å²) in [4.78, 5) is 32.3. The quantitative estimate of drug-likeness (QED) is 0.278. The second-order valence-electron chi connectivity index (χ2n) is 9.15. The molecule has 0 saturated carbocycles. The zero-order chi connectivity index (χ0) is 28.1. The van der Waals surface area contributed by atoms with E-state index in [1.165, 1.54) is 24.3 Å². The van der Waals surface area contributed by atoms with Gasteiger partial charge in [0.15, 0.2) is 23.1 Å². The van der Waals surface area contributed by atoms with E-state index in [4.69, 9.17) is 24.1 Å². The number of ether oxygens (including phenoxy) is 4. The summed E-state index contributed by atoms with van der Waals surface area (Å²) in [6.45, 7) is 4.80. The number of hydrogen-bond donors (Lipinski definition) is 2. The van der Waals surface area contributed by atoms with E-state index in [1.807, 2.05) is 0 Å². The average molecular weight is 550 g/mol. The third-order valence-electron chi connectivity index (χ3n) is 6.57. The van der Waals surface area contributed by atoms with E-state index < -0.39 is 22.9 Å². The number of rotatable bonds is 10. The summed E-state index contributed by atoms with van der Waals surface area (Å²) in [6, 6.07) is 11.9. The average Bonchev–Trinajstić information content (AvgIpc) is 2.96. The smallest absolute Gasteiger partial charge is 0.341 e. The zero-order valence-corrected chi connectivity index (χ0v) is 21.8. The molecule has 11 heteroatoms. The Labute approximate surface area is 228 Å². The van der Waals surface area contributed by atoms with Gasteiger partial charge in [-0.15, -0.1) is 0 Å². The molecule has 10 nitrogen and oxygen atoms in total. The largest absolute Gasteiger partial charge is 0.493 e. The van der Waals surface area contributed by atoms with E-state index in [0.29, 0.717) is 40.3 Å². The molecule has 0 aliphatic carbocycles. The molecule has 40 heavy (non-hydrogen) atoms. The van der Waals surface area contributed by atoms with Crippen LogP contribution in [-0.2, 0) is 4.74 Å². The first-order valence-electron chi connectivity index (χ1n) is 12.8. The van der Waals surface area contributed by atoms with E-state index in [1.54, 1.807) is 37.6 Å². The van der Waals surface area contributed by atoms with Crippen molar-refractivity contribution in [2.75, 3.05) is 46.6 Å². The molecule has 5 rings (SSSR count). The molecule has 1 aliphatic rings. The Kier molecular flexibility index (Phi) is 8.23. The Morgan fingerprint density at radius 2 is 1.90 bits per heavy atom. The summed E-state index contributed by atoms with van der Waals surface area (Å²) >= 11 is 0. The lowest BCUT2D eigenvalue weighted by molar-refractivity contribution is 0.0357. The number of hydrogen-bond acceptors (Lipinski definition) is 8. The lowest BCUT2D eigenvalue weighted by atomic mass is 10.1. The minimum atomic E-state index is -1.34. The van der Waals surface area contributed by atoms with Crippen LogP contribution in [0.25, 0.3) is 22.2 Å². The van der Waals surface area contributed by atoms with Gasteiger partial charge in [-0.1, -0.05) is 0 Å². The van der Waals surface area contributed by atoms with Crippen LogP contribution in [0.4, 0.5) is 4.39 Å². The van der Waals surface area contributed by atoms with Crippen molar-refractivity contribution >= 4 is 16.9 Å². The Bertz CT molecular complexity index is 1580. The monoisotopic (exact) mass is 549 g/mol. The van der Waals surface area contributed by atoms with Gasteiger partial charge >= 0.3 is 5.97 Å². The molecule has 0 amide bonds. The number of halogens is 1. The number of fused-ring (bicyclic) bond motifs is 1. The maximum atomic E-state index is 15.1. The van der Waals surface area contributed by atoms with Crippen LogP contribution < -0.4 is 19.8 Å². The van der Waals surface area contributed by atoms with Crippen molar-refractivity contribution in [1.82, 2.24) is 14.9 Å². The summed E-state index contributed by atoms with van der Waals surface area (Å²) in [5, 5.41) is 9.65. The van der Waals surface area contributed by atoms with Gasteiger partial charge in [-0.25, -0.2) is 9.18 Å². The molecule has 0 radical (unpaired) electrons. The van der Waals surface area contributed by atoms with Crippen LogP contribution in [-0.4, -0.2) is 72.5 Å². The fourth-order valence-electron chi connectivity index (χ4n) is 4.46. The van der Waals surface area contributed by atoms with Gasteiger partial charge in [-0.2, -0.15) is 0 Å². The standard InChI is InChI=1S/C29H28FN3O7/c1-37-26-16-20-23(17-27(26)39-12-2-9-33-10-13-38-14-11-33)31-8-7-24(20)40-25-6-3-18(15-21(25)30)22-5-4-19(29(35)36)28(34)32-22/h3-8,15-17H,2,9-14H2,1H3,(H,32,34)(H,35,36). The van der Waals surface area contributed by atoms with Crippen molar-refractivity contribution in [3.05, 3.63) is 76.5 Å².